The highest BCUT2D eigenvalue weighted by Crippen LogP contribution is 2.49. The lowest BCUT2D eigenvalue weighted by Gasteiger charge is -2.38. The molecule has 0 bridgehead atoms. The molecule has 0 saturated heterocycles. The molecule has 0 fully saturated rings. The summed E-state index contributed by atoms with van der Waals surface area (Å²) in [5.41, 5.74) is 16.1. The van der Waals surface area contributed by atoms with Gasteiger partial charge in [-0.3, -0.25) is 0 Å². The normalized spacial score (nSPS) is 15.6. The summed E-state index contributed by atoms with van der Waals surface area (Å²) in [5, 5.41) is 6.03. The molecule has 0 spiro atoms. The maximum Gasteiger partial charge on any atom is 0.144 e. The zero-order chi connectivity index (χ0) is 32.4. The number of imidazole rings is 1. The van der Waals surface area contributed by atoms with Gasteiger partial charge in [0, 0.05) is 46.9 Å². The van der Waals surface area contributed by atoms with E-state index in [0.29, 0.717) is 0 Å². The second-order valence-electron chi connectivity index (χ2n) is 13.6. The summed E-state index contributed by atoms with van der Waals surface area (Å²) >= 11 is 0. The first kappa shape index (κ1) is 29.3. The molecule has 2 aromatic heterocycles. The molecule has 8 rings (SSSR count). The minimum Gasteiger partial charge on any atom is -0.364 e. The Bertz CT molecular complexity index is 2240. The summed E-state index contributed by atoms with van der Waals surface area (Å²) in [6.07, 6.45) is 13.0. The van der Waals surface area contributed by atoms with Gasteiger partial charge in [-0.2, -0.15) is 0 Å². The average molecular weight is 615 g/mol. The number of benzene rings is 4. The Balaban J connectivity index is 1.38. The van der Waals surface area contributed by atoms with E-state index in [1.807, 2.05) is 0 Å². The van der Waals surface area contributed by atoms with Crippen LogP contribution in [0.1, 0.15) is 78.9 Å². The fourth-order valence-corrected chi connectivity index (χ4v) is 8.31. The average Bonchev–Trinajstić information content (AvgIpc) is 3.66. The van der Waals surface area contributed by atoms with E-state index in [1.54, 1.807) is 0 Å². The molecule has 4 nitrogen and oxygen atoms in total. The van der Waals surface area contributed by atoms with Gasteiger partial charge < -0.3 is 14.6 Å². The number of aromatic nitrogens is 2. The van der Waals surface area contributed by atoms with Gasteiger partial charge >= 0.3 is 0 Å². The van der Waals surface area contributed by atoms with Gasteiger partial charge in [0.2, 0.25) is 0 Å². The largest absolute Gasteiger partial charge is 0.364 e. The Morgan fingerprint density at radius 1 is 0.809 bits per heavy atom. The molecule has 1 unspecified atom stereocenters. The van der Waals surface area contributed by atoms with Gasteiger partial charge in [-0.05, 0) is 109 Å². The first-order valence-electron chi connectivity index (χ1n) is 16.9. The second-order valence-corrected chi connectivity index (χ2v) is 13.6. The van der Waals surface area contributed by atoms with Gasteiger partial charge in [0.25, 0.3) is 0 Å². The Labute approximate surface area is 278 Å². The molecular formula is C43H42N4. The molecule has 0 saturated carbocycles. The summed E-state index contributed by atoms with van der Waals surface area (Å²) in [6.45, 7) is 13.4. The van der Waals surface area contributed by atoms with Gasteiger partial charge in [-0.1, -0.05) is 85.6 Å². The van der Waals surface area contributed by atoms with Crippen molar-refractivity contribution in [3.63, 3.8) is 0 Å². The standard InChI is InChI=1S/C43H42N4/c1-7-43(8-2,35-21-27(3)20-28(4)22-35)40-36(31-12-14-38-33(23-31)16-18-46-25-29(5)44-41(38)46)10-9-11-37(40)32-13-15-39-34(24-32)17-19-47-26-30(6)45-42(39)47/h9-26,41,44H,7-8H2,1-6H3. The smallest absolute Gasteiger partial charge is 0.144 e. The Kier molecular flexibility index (Phi) is 6.87. The van der Waals surface area contributed by atoms with Gasteiger partial charge in [0.15, 0.2) is 0 Å². The third kappa shape index (κ3) is 4.69. The zero-order valence-corrected chi connectivity index (χ0v) is 28.2. The van der Waals surface area contributed by atoms with Crippen molar-refractivity contribution in [3.05, 3.63) is 148 Å². The SMILES string of the molecule is CCC(CC)(c1cc(C)cc(C)c1)c1c(-c2ccc3c(c2)C=CN2C=C(C)NC32)cccc1-c1ccc2c(ccn3cc(C)nc23)c1. The second kappa shape index (κ2) is 11.0. The first-order chi connectivity index (χ1) is 22.8. The van der Waals surface area contributed by atoms with Crippen LogP contribution >= 0.6 is 0 Å². The lowest BCUT2D eigenvalue weighted by molar-refractivity contribution is 0.370. The summed E-state index contributed by atoms with van der Waals surface area (Å²) in [6, 6.07) is 30.3. The van der Waals surface area contributed by atoms with Crippen LogP contribution in [0, 0.1) is 20.8 Å². The number of nitrogens with zero attached hydrogens (tertiary/aromatic N) is 3. The molecule has 6 aromatic rings. The van der Waals surface area contributed by atoms with Crippen LogP contribution in [0.15, 0.2) is 109 Å². The highest BCUT2D eigenvalue weighted by Gasteiger charge is 2.36. The van der Waals surface area contributed by atoms with Crippen molar-refractivity contribution in [2.24, 2.45) is 0 Å². The van der Waals surface area contributed by atoms with Crippen molar-refractivity contribution < 1.29 is 0 Å². The van der Waals surface area contributed by atoms with Crippen molar-refractivity contribution in [1.82, 2.24) is 19.6 Å². The van der Waals surface area contributed by atoms with E-state index in [0.717, 1.165) is 24.2 Å². The van der Waals surface area contributed by atoms with Gasteiger partial charge in [-0.25, -0.2) is 4.98 Å². The van der Waals surface area contributed by atoms with Crippen LogP contribution < -0.4 is 5.32 Å². The number of hydrogen-bond donors (Lipinski definition) is 1. The molecule has 2 aliphatic rings. The number of fused-ring (bicyclic) bond motifs is 6. The molecule has 0 radical (unpaired) electrons. The molecule has 0 aliphatic carbocycles. The molecule has 4 heterocycles. The van der Waals surface area contributed by atoms with Crippen molar-refractivity contribution in [2.45, 2.75) is 66.0 Å². The zero-order valence-electron chi connectivity index (χ0n) is 28.2. The fourth-order valence-electron chi connectivity index (χ4n) is 8.31. The van der Waals surface area contributed by atoms with Crippen LogP contribution in [0.4, 0.5) is 0 Å². The highest BCUT2D eigenvalue weighted by atomic mass is 15.3. The van der Waals surface area contributed by atoms with E-state index in [-0.39, 0.29) is 11.6 Å². The molecule has 1 N–H and O–H groups in total. The maximum atomic E-state index is 4.84. The number of allylic oxidation sites excluding steroid dienone is 1. The van der Waals surface area contributed by atoms with E-state index < -0.39 is 0 Å². The summed E-state index contributed by atoms with van der Waals surface area (Å²) in [4.78, 5) is 7.11. The number of nitrogens with one attached hydrogen (secondary N) is 1. The molecule has 234 valence electrons. The third-order valence-corrected chi connectivity index (χ3v) is 10.5. The lowest BCUT2D eigenvalue weighted by atomic mass is 9.65. The van der Waals surface area contributed by atoms with Crippen LogP contribution in [0.3, 0.4) is 0 Å². The Morgan fingerprint density at radius 2 is 1.53 bits per heavy atom. The predicted octanol–water partition coefficient (Wildman–Crippen LogP) is 10.6. The number of hydrogen-bond acceptors (Lipinski definition) is 3. The fraction of sp³-hybridized carbons (Fsp3) is 0.233. The minimum atomic E-state index is -0.182. The van der Waals surface area contributed by atoms with E-state index in [9.17, 15) is 0 Å². The van der Waals surface area contributed by atoms with Gasteiger partial charge in [0.1, 0.15) is 11.8 Å². The molecule has 1 atom stereocenters. The predicted molar refractivity (Wildman–Crippen MR) is 196 cm³/mol. The quantitative estimate of drug-likeness (QED) is 0.203. The minimum absolute atomic E-state index is 0.151. The van der Waals surface area contributed by atoms with E-state index in [2.05, 4.69) is 166 Å². The number of pyridine rings is 1. The van der Waals surface area contributed by atoms with Crippen LogP contribution in [-0.4, -0.2) is 14.3 Å². The van der Waals surface area contributed by atoms with Gasteiger partial charge in [0.05, 0.1) is 5.69 Å². The van der Waals surface area contributed by atoms with Crippen molar-refractivity contribution in [1.29, 1.82) is 0 Å². The first-order valence-corrected chi connectivity index (χ1v) is 16.9. The topological polar surface area (TPSA) is 32.6 Å². The molecular weight excluding hydrogens is 573 g/mol. The highest BCUT2D eigenvalue weighted by molar-refractivity contribution is 5.97. The van der Waals surface area contributed by atoms with Crippen molar-refractivity contribution in [2.75, 3.05) is 0 Å². The summed E-state index contributed by atoms with van der Waals surface area (Å²) < 4.78 is 2.13. The van der Waals surface area contributed by atoms with E-state index in [1.165, 1.54) is 72.1 Å². The van der Waals surface area contributed by atoms with Crippen molar-refractivity contribution >= 4 is 22.5 Å². The van der Waals surface area contributed by atoms with Crippen LogP contribution in [0.2, 0.25) is 0 Å². The van der Waals surface area contributed by atoms with E-state index in [4.69, 9.17) is 4.98 Å². The lowest BCUT2D eigenvalue weighted by Crippen LogP contribution is -2.28. The summed E-state index contributed by atoms with van der Waals surface area (Å²) in [7, 11) is 0. The third-order valence-electron chi connectivity index (χ3n) is 10.5. The summed E-state index contributed by atoms with van der Waals surface area (Å²) in [5.74, 6) is 0. The van der Waals surface area contributed by atoms with Crippen molar-refractivity contribution in [3.8, 4) is 22.3 Å². The van der Waals surface area contributed by atoms with Crippen LogP contribution in [0.25, 0.3) is 44.7 Å². The number of aryl methyl sites for hydroxylation is 3. The van der Waals surface area contributed by atoms with Gasteiger partial charge in [-0.15, -0.1) is 0 Å². The monoisotopic (exact) mass is 614 g/mol. The van der Waals surface area contributed by atoms with E-state index >= 15 is 0 Å². The maximum absolute atomic E-state index is 4.84. The number of rotatable bonds is 6. The molecule has 47 heavy (non-hydrogen) atoms. The van der Waals surface area contributed by atoms with Crippen LogP contribution in [-0.2, 0) is 5.41 Å². The molecule has 0 amide bonds. The Morgan fingerprint density at radius 3 is 2.28 bits per heavy atom. The molecule has 4 heteroatoms. The molecule has 2 aliphatic heterocycles. The molecule has 4 aromatic carbocycles. The Hall–Kier alpha value is -5.09. The van der Waals surface area contributed by atoms with Crippen LogP contribution in [0.5, 0.6) is 0 Å².